The molecule has 0 aromatic heterocycles. The molecular weight excluding hydrogens is 330 g/mol. The van der Waals surface area contributed by atoms with Crippen molar-refractivity contribution >= 4 is 11.8 Å². The molecule has 0 bridgehead atoms. The molecule has 132 valence electrons. The van der Waals surface area contributed by atoms with Crippen LogP contribution in [0, 0.1) is 11.6 Å². The number of rotatable bonds is 6. The maximum atomic E-state index is 13.1. The third kappa shape index (κ3) is 5.36. The minimum absolute atomic E-state index is 0.104. The van der Waals surface area contributed by atoms with E-state index in [9.17, 15) is 23.5 Å². The van der Waals surface area contributed by atoms with E-state index in [1.165, 1.54) is 42.5 Å². The molecule has 0 spiro atoms. The van der Waals surface area contributed by atoms with Gasteiger partial charge in [0.05, 0.1) is 18.7 Å². The van der Waals surface area contributed by atoms with Crippen molar-refractivity contribution in [2.45, 2.75) is 19.1 Å². The van der Waals surface area contributed by atoms with E-state index in [0.717, 1.165) is 6.07 Å². The molecule has 25 heavy (non-hydrogen) atoms. The topological polar surface area (TPSA) is 78.4 Å². The summed E-state index contributed by atoms with van der Waals surface area (Å²) in [7, 11) is 0. The standard InChI is InChI=1S/C18H18F2N2O3/c1-11(17(24)12-5-7-14(19)8-6-12)22-16(23)10-21-18(25)13-3-2-4-15(20)9-13/h2-9,11,17,24H,10H2,1H3,(H,21,25)(H,22,23). The fourth-order valence-corrected chi connectivity index (χ4v) is 2.22. The predicted octanol–water partition coefficient (Wildman–Crippen LogP) is 1.93. The molecule has 2 rings (SSSR count). The third-order valence-electron chi connectivity index (χ3n) is 3.57. The molecule has 7 heteroatoms. The minimum atomic E-state index is -1.02. The molecule has 0 saturated carbocycles. The van der Waals surface area contributed by atoms with Gasteiger partial charge in [0, 0.05) is 5.56 Å². The smallest absolute Gasteiger partial charge is 0.251 e. The predicted molar refractivity (Wildman–Crippen MR) is 87.7 cm³/mol. The van der Waals surface area contributed by atoms with Crippen LogP contribution >= 0.6 is 0 Å². The van der Waals surface area contributed by atoms with Gasteiger partial charge in [0.25, 0.3) is 5.91 Å². The Bertz CT molecular complexity index is 750. The number of carbonyl (C=O) groups excluding carboxylic acids is 2. The van der Waals surface area contributed by atoms with Gasteiger partial charge in [-0.05, 0) is 42.8 Å². The van der Waals surface area contributed by atoms with E-state index in [4.69, 9.17) is 0 Å². The van der Waals surface area contributed by atoms with Crippen molar-refractivity contribution in [1.29, 1.82) is 0 Å². The van der Waals surface area contributed by atoms with Crippen molar-refractivity contribution in [1.82, 2.24) is 10.6 Å². The van der Waals surface area contributed by atoms with Gasteiger partial charge in [0.2, 0.25) is 5.91 Å². The van der Waals surface area contributed by atoms with E-state index >= 15 is 0 Å². The SMILES string of the molecule is CC(NC(=O)CNC(=O)c1cccc(F)c1)C(O)c1ccc(F)cc1. The molecule has 2 amide bonds. The Morgan fingerprint density at radius 2 is 1.76 bits per heavy atom. The average Bonchev–Trinajstić information content (AvgIpc) is 2.59. The molecule has 2 aromatic carbocycles. The molecule has 2 unspecified atom stereocenters. The Morgan fingerprint density at radius 1 is 1.08 bits per heavy atom. The summed E-state index contributed by atoms with van der Waals surface area (Å²) in [6.45, 7) is 1.26. The van der Waals surface area contributed by atoms with Gasteiger partial charge in [-0.1, -0.05) is 18.2 Å². The van der Waals surface area contributed by atoms with Crippen molar-refractivity contribution in [2.75, 3.05) is 6.54 Å². The van der Waals surface area contributed by atoms with Crippen LogP contribution in [-0.2, 0) is 4.79 Å². The Kier molecular flexibility index (Phi) is 6.19. The molecule has 0 radical (unpaired) electrons. The summed E-state index contributed by atoms with van der Waals surface area (Å²) in [5, 5.41) is 15.1. The maximum absolute atomic E-state index is 13.1. The number of benzene rings is 2. The second kappa shape index (κ2) is 8.34. The van der Waals surface area contributed by atoms with Crippen LogP contribution in [0.2, 0.25) is 0 Å². The van der Waals surface area contributed by atoms with Crippen LogP contribution in [0.3, 0.4) is 0 Å². The fourth-order valence-electron chi connectivity index (χ4n) is 2.22. The number of hydrogen-bond donors (Lipinski definition) is 3. The number of carbonyl (C=O) groups is 2. The second-order valence-electron chi connectivity index (χ2n) is 5.55. The third-order valence-corrected chi connectivity index (χ3v) is 3.57. The van der Waals surface area contributed by atoms with Crippen LogP contribution in [-0.4, -0.2) is 29.5 Å². The number of halogens is 2. The zero-order valence-corrected chi connectivity index (χ0v) is 13.5. The van der Waals surface area contributed by atoms with Crippen LogP contribution in [0.25, 0.3) is 0 Å². The molecule has 5 nitrogen and oxygen atoms in total. The van der Waals surface area contributed by atoms with Gasteiger partial charge >= 0.3 is 0 Å². The minimum Gasteiger partial charge on any atom is -0.386 e. The highest BCUT2D eigenvalue weighted by atomic mass is 19.1. The highest BCUT2D eigenvalue weighted by molar-refractivity contribution is 5.96. The number of nitrogens with one attached hydrogen (secondary N) is 2. The lowest BCUT2D eigenvalue weighted by molar-refractivity contribution is -0.121. The summed E-state index contributed by atoms with van der Waals surface area (Å²) in [6.07, 6.45) is -1.02. The lowest BCUT2D eigenvalue weighted by Crippen LogP contribution is -2.43. The Balaban J connectivity index is 1.84. The van der Waals surface area contributed by atoms with Crippen molar-refractivity contribution < 1.29 is 23.5 Å². The van der Waals surface area contributed by atoms with Crippen molar-refractivity contribution in [3.63, 3.8) is 0 Å². The maximum Gasteiger partial charge on any atom is 0.251 e. The Hall–Kier alpha value is -2.80. The van der Waals surface area contributed by atoms with Gasteiger partial charge in [0.1, 0.15) is 11.6 Å². The van der Waals surface area contributed by atoms with Gasteiger partial charge in [-0.3, -0.25) is 9.59 Å². The number of hydrogen-bond acceptors (Lipinski definition) is 3. The molecule has 0 saturated heterocycles. The number of aliphatic hydroxyl groups excluding tert-OH is 1. The highest BCUT2D eigenvalue weighted by Gasteiger charge is 2.19. The summed E-state index contributed by atoms with van der Waals surface area (Å²) in [5.41, 5.74) is 0.560. The molecule has 2 aromatic rings. The largest absolute Gasteiger partial charge is 0.386 e. The first-order valence-corrected chi connectivity index (χ1v) is 7.63. The van der Waals surface area contributed by atoms with Crippen molar-refractivity contribution in [3.05, 3.63) is 71.3 Å². The quantitative estimate of drug-likeness (QED) is 0.746. The van der Waals surface area contributed by atoms with E-state index in [0.29, 0.717) is 5.56 Å². The highest BCUT2D eigenvalue weighted by Crippen LogP contribution is 2.17. The normalized spacial score (nSPS) is 13.0. The Morgan fingerprint density at radius 3 is 2.40 bits per heavy atom. The van der Waals surface area contributed by atoms with Gasteiger partial charge in [-0.15, -0.1) is 0 Å². The van der Waals surface area contributed by atoms with Gasteiger partial charge in [-0.25, -0.2) is 8.78 Å². The van der Waals surface area contributed by atoms with Crippen LogP contribution in [0.5, 0.6) is 0 Å². The summed E-state index contributed by atoms with van der Waals surface area (Å²) in [5.74, 6) is -2.07. The Labute approximate surface area is 143 Å². The summed E-state index contributed by atoms with van der Waals surface area (Å²) in [4.78, 5) is 23.7. The molecule has 0 aliphatic rings. The van der Waals surface area contributed by atoms with Crippen LogP contribution in [0.1, 0.15) is 28.9 Å². The van der Waals surface area contributed by atoms with E-state index in [-0.39, 0.29) is 12.1 Å². The first-order valence-electron chi connectivity index (χ1n) is 7.63. The van der Waals surface area contributed by atoms with Gasteiger partial charge < -0.3 is 15.7 Å². The molecule has 0 fully saturated rings. The van der Waals surface area contributed by atoms with Crippen LogP contribution in [0.15, 0.2) is 48.5 Å². The molecule has 0 aliphatic carbocycles. The summed E-state index contributed by atoms with van der Waals surface area (Å²) in [6, 6.07) is 9.73. The number of amides is 2. The lowest BCUT2D eigenvalue weighted by Gasteiger charge is -2.20. The van der Waals surface area contributed by atoms with Crippen LogP contribution < -0.4 is 10.6 Å². The monoisotopic (exact) mass is 348 g/mol. The second-order valence-corrected chi connectivity index (χ2v) is 5.55. The zero-order valence-electron chi connectivity index (χ0n) is 13.5. The molecule has 0 heterocycles. The fraction of sp³-hybridized carbons (Fsp3) is 0.222. The molecule has 0 aliphatic heterocycles. The first-order chi connectivity index (χ1) is 11.9. The van der Waals surface area contributed by atoms with Crippen molar-refractivity contribution in [3.8, 4) is 0 Å². The van der Waals surface area contributed by atoms with E-state index in [1.54, 1.807) is 6.92 Å². The molecular formula is C18H18F2N2O3. The van der Waals surface area contributed by atoms with E-state index < -0.39 is 35.6 Å². The van der Waals surface area contributed by atoms with Gasteiger partial charge in [0.15, 0.2) is 0 Å². The van der Waals surface area contributed by atoms with E-state index in [1.807, 2.05) is 0 Å². The molecule has 3 N–H and O–H groups in total. The molecule has 2 atom stereocenters. The number of aliphatic hydroxyl groups is 1. The summed E-state index contributed by atoms with van der Waals surface area (Å²) >= 11 is 0. The average molecular weight is 348 g/mol. The summed E-state index contributed by atoms with van der Waals surface area (Å²) < 4.78 is 26.0. The van der Waals surface area contributed by atoms with E-state index in [2.05, 4.69) is 10.6 Å². The van der Waals surface area contributed by atoms with Crippen LogP contribution in [0.4, 0.5) is 8.78 Å². The zero-order chi connectivity index (χ0) is 18.4. The van der Waals surface area contributed by atoms with Gasteiger partial charge in [-0.2, -0.15) is 0 Å². The first kappa shape index (κ1) is 18.5. The van der Waals surface area contributed by atoms with Crippen molar-refractivity contribution in [2.24, 2.45) is 0 Å². The lowest BCUT2D eigenvalue weighted by atomic mass is 10.0.